The molecule has 0 saturated heterocycles. The number of nitrogens with one attached hydrogen (secondary N) is 2. The van der Waals surface area contributed by atoms with E-state index in [0.717, 1.165) is 22.3 Å². The second-order valence-corrected chi connectivity index (χ2v) is 11.7. The van der Waals surface area contributed by atoms with Crippen LogP contribution in [0.5, 0.6) is 0 Å². The molecule has 1 aliphatic carbocycles. The molecule has 0 heterocycles. The third-order valence-corrected chi connectivity index (χ3v) is 7.26. The van der Waals surface area contributed by atoms with Crippen molar-refractivity contribution in [1.82, 2.24) is 10.6 Å². The quantitative estimate of drug-likeness (QED) is 0.288. The largest absolute Gasteiger partial charge is 0.444 e. The number of ether oxygens (including phenoxy) is 1. The molecule has 3 aromatic carbocycles. The van der Waals surface area contributed by atoms with E-state index in [1.807, 2.05) is 54.6 Å². The SMILES string of the molecule is CC(C)(C)OC(=O)N[C@@H](Cc1ccccc1)[C@@H](O)C[C@@H](Cc1ccc(F)cc1)C(=O)N[C@H]1c2ccccc2C[C@H]1O. The van der Waals surface area contributed by atoms with Gasteiger partial charge in [-0.2, -0.15) is 0 Å². The van der Waals surface area contributed by atoms with Crippen LogP contribution in [-0.4, -0.2) is 46.1 Å². The molecule has 1 aliphatic rings. The number of halogens is 1. The number of rotatable bonds is 10. The monoisotopic (exact) mass is 562 g/mol. The fourth-order valence-corrected chi connectivity index (χ4v) is 5.27. The zero-order valence-electron chi connectivity index (χ0n) is 23.7. The van der Waals surface area contributed by atoms with Crippen molar-refractivity contribution in [2.45, 2.75) is 76.3 Å². The Morgan fingerprint density at radius 1 is 0.951 bits per heavy atom. The summed E-state index contributed by atoms with van der Waals surface area (Å²) in [7, 11) is 0. The normalized spacial score (nSPS) is 18.6. The second-order valence-electron chi connectivity index (χ2n) is 11.7. The van der Waals surface area contributed by atoms with Gasteiger partial charge in [0.1, 0.15) is 11.4 Å². The van der Waals surface area contributed by atoms with Gasteiger partial charge in [-0.15, -0.1) is 0 Å². The Bertz CT molecular complexity index is 1310. The molecule has 0 saturated carbocycles. The van der Waals surface area contributed by atoms with Crippen LogP contribution >= 0.6 is 0 Å². The average molecular weight is 563 g/mol. The molecular formula is C33H39FN2O5. The van der Waals surface area contributed by atoms with Gasteiger partial charge < -0.3 is 25.6 Å². The fourth-order valence-electron chi connectivity index (χ4n) is 5.27. The third kappa shape index (κ3) is 8.62. The van der Waals surface area contributed by atoms with Crippen molar-refractivity contribution in [3.8, 4) is 0 Å². The van der Waals surface area contributed by atoms with Crippen molar-refractivity contribution in [3.05, 3.63) is 107 Å². The van der Waals surface area contributed by atoms with Crippen molar-refractivity contribution in [1.29, 1.82) is 0 Å². The Morgan fingerprint density at radius 2 is 1.59 bits per heavy atom. The summed E-state index contributed by atoms with van der Waals surface area (Å²) in [6.45, 7) is 5.27. The van der Waals surface area contributed by atoms with Crippen molar-refractivity contribution >= 4 is 12.0 Å². The summed E-state index contributed by atoms with van der Waals surface area (Å²) in [6, 6.07) is 21.6. The lowest BCUT2D eigenvalue weighted by Crippen LogP contribution is -2.48. The summed E-state index contributed by atoms with van der Waals surface area (Å²) >= 11 is 0. The Labute approximate surface area is 240 Å². The molecule has 2 amide bonds. The minimum atomic E-state index is -1.11. The summed E-state index contributed by atoms with van der Waals surface area (Å²) in [5.41, 5.74) is 2.74. The highest BCUT2D eigenvalue weighted by molar-refractivity contribution is 5.80. The lowest BCUT2D eigenvalue weighted by Gasteiger charge is -2.29. The predicted molar refractivity (Wildman–Crippen MR) is 155 cm³/mol. The second kappa shape index (κ2) is 13.3. The number of hydrogen-bond acceptors (Lipinski definition) is 5. The highest BCUT2D eigenvalue weighted by Crippen LogP contribution is 2.32. The Kier molecular flexibility index (Phi) is 9.78. The van der Waals surface area contributed by atoms with Crippen LogP contribution in [0.3, 0.4) is 0 Å². The maximum atomic E-state index is 13.7. The molecular weight excluding hydrogens is 523 g/mol. The first kappa shape index (κ1) is 30.2. The van der Waals surface area contributed by atoms with Gasteiger partial charge in [-0.25, -0.2) is 9.18 Å². The number of benzene rings is 3. The van der Waals surface area contributed by atoms with Gasteiger partial charge in [0.15, 0.2) is 0 Å². The van der Waals surface area contributed by atoms with E-state index in [9.17, 15) is 24.2 Å². The first-order valence-electron chi connectivity index (χ1n) is 14.0. The summed E-state index contributed by atoms with van der Waals surface area (Å²) < 4.78 is 19.0. The van der Waals surface area contributed by atoms with Crippen LogP contribution in [0.1, 0.15) is 55.5 Å². The molecule has 3 aromatic rings. The number of fused-ring (bicyclic) bond motifs is 1. The standard InChI is InChI=1S/C33H39FN2O5/c1-33(2,3)41-32(40)35-27(18-21-9-5-4-6-10-21)28(37)20-24(17-22-13-15-25(34)16-14-22)31(39)36-30-26-12-8-7-11-23(26)19-29(30)38/h4-16,24,27-30,37-38H,17-20H2,1-3H3,(H,35,40)(H,36,39)/t24-,27+,28+,29-,30+/m1/s1. The predicted octanol–water partition coefficient (Wildman–Crippen LogP) is 4.65. The fraction of sp³-hybridized carbons (Fsp3) is 0.394. The first-order valence-corrected chi connectivity index (χ1v) is 14.0. The lowest BCUT2D eigenvalue weighted by molar-refractivity contribution is -0.127. The van der Waals surface area contributed by atoms with Crippen LogP contribution in [0.4, 0.5) is 9.18 Å². The van der Waals surface area contributed by atoms with Gasteiger partial charge in [0.2, 0.25) is 5.91 Å². The molecule has 0 aromatic heterocycles. The molecule has 0 bridgehead atoms. The van der Waals surface area contributed by atoms with Gasteiger partial charge in [0.05, 0.1) is 24.3 Å². The first-order chi connectivity index (χ1) is 19.5. The average Bonchev–Trinajstić information content (AvgIpc) is 3.23. The number of alkyl carbamates (subject to hydrolysis) is 1. The summed E-state index contributed by atoms with van der Waals surface area (Å²) in [6.07, 6.45) is -1.54. The van der Waals surface area contributed by atoms with Crippen molar-refractivity contribution in [2.24, 2.45) is 5.92 Å². The van der Waals surface area contributed by atoms with E-state index in [4.69, 9.17) is 4.74 Å². The summed E-state index contributed by atoms with van der Waals surface area (Å²) in [4.78, 5) is 26.4. The minimum Gasteiger partial charge on any atom is -0.444 e. The molecule has 0 spiro atoms. The molecule has 0 aliphatic heterocycles. The molecule has 0 radical (unpaired) electrons. The van der Waals surface area contributed by atoms with Crippen LogP contribution in [0.15, 0.2) is 78.9 Å². The highest BCUT2D eigenvalue weighted by Gasteiger charge is 2.35. The molecule has 0 unspecified atom stereocenters. The van der Waals surface area contributed by atoms with E-state index in [-0.39, 0.29) is 24.6 Å². The number of aliphatic hydroxyl groups is 2. The number of hydrogen-bond donors (Lipinski definition) is 4. The van der Waals surface area contributed by atoms with Gasteiger partial charge >= 0.3 is 6.09 Å². The zero-order chi connectivity index (χ0) is 29.6. The molecule has 5 atom stereocenters. The van der Waals surface area contributed by atoms with Gasteiger partial charge in [0.25, 0.3) is 0 Å². The molecule has 8 heteroatoms. The maximum absolute atomic E-state index is 13.7. The number of carbonyl (C=O) groups excluding carboxylic acids is 2. The van der Waals surface area contributed by atoms with E-state index in [0.29, 0.717) is 12.8 Å². The van der Waals surface area contributed by atoms with Gasteiger partial charge in [0, 0.05) is 12.3 Å². The Hall–Kier alpha value is -3.75. The molecule has 218 valence electrons. The zero-order valence-corrected chi connectivity index (χ0v) is 23.7. The van der Waals surface area contributed by atoms with E-state index >= 15 is 0 Å². The topological polar surface area (TPSA) is 108 Å². The lowest BCUT2D eigenvalue weighted by atomic mass is 9.88. The number of amides is 2. The third-order valence-electron chi connectivity index (χ3n) is 7.26. The van der Waals surface area contributed by atoms with Crippen LogP contribution in [0.2, 0.25) is 0 Å². The molecule has 41 heavy (non-hydrogen) atoms. The van der Waals surface area contributed by atoms with Gasteiger partial charge in [-0.1, -0.05) is 66.7 Å². The minimum absolute atomic E-state index is 0.0149. The van der Waals surface area contributed by atoms with Gasteiger partial charge in [-0.3, -0.25) is 4.79 Å². The highest BCUT2D eigenvalue weighted by atomic mass is 19.1. The van der Waals surface area contributed by atoms with E-state index in [1.54, 1.807) is 32.9 Å². The summed E-state index contributed by atoms with van der Waals surface area (Å²) in [5.74, 6) is -1.45. The Balaban J connectivity index is 1.56. The van der Waals surface area contributed by atoms with E-state index in [1.165, 1.54) is 12.1 Å². The maximum Gasteiger partial charge on any atom is 0.407 e. The van der Waals surface area contributed by atoms with Crippen molar-refractivity contribution < 1.29 is 28.9 Å². The molecule has 0 fully saturated rings. The van der Waals surface area contributed by atoms with Crippen LogP contribution in [0, 0.1) is 11.7 Å². The molecule has 4 N–H and O–H groups in total. The number of carbonyl (C=O) groups is 2. The molecule has 7 nitrogen and oxygen atoms in total. The van der Waals surface area contributed by atoms with E-state index in [2.05, 4.69) is 10.6 Å². The van der Waals surface area contributed by atoms with Crippen LogP contribution in [0.25, 0.3) is 0 Å². The smallest absolute Gasteiger partial charge is 0.407 e. The van der Waals surface area contributed by atoms with Gasteiger partial charge in [-0.05, 0) is 74.4 Å². The molecule has 4 rings (SSSR count). The number of aliphatic hydroxyl groups excluding tert-OH is 2. The Morgan fingerprint density at radius 3 is 2.27 bits per heavy atom. The van der Waals surface area contributed by atoms with E-state index < -0.39 is 41.9 Å². The van der Waals surface area contributed by atoms with Crippen molar-refractivity contribution in [3.63, 3.8) is 0 Å². The van der Waals surface area contributed by atoms with Crippen molar-refractivity contribution in [2.75, 3.05) is 0 Å². The van der Waals surface area contributed by atoms with Crippen LogP contribution in [-0.2, 0) is 28.8 Å². The van der Waals surface area contributed by atoms with Crippen LogP contribution < -0.4 is 10.6 Å². The summed E-state index contributed by atoms with van der Waals surface area (Å²) in [5, 5.41) is 28.0.